The molecule has 0 N–H and O–H groups in total. The van der Waals surface area contributed by atoms with Gasteiger partial charge in [0.2, 0.25) is 0 Å². The Hall–Kier alpha value is -0.743. The Kier molecular flexibility index (Phi) is 6.44. The average Bonchev–Trinajstić information content (AvgIpc) is 2.13. The maximum Gasteiger partial charge on any atom is 0.185 e. The predicted molar refractivity (Wildman–Crippen MR) is 73.8 cm³/mol. The molecule has 90 valence electrons. The summed E-state index contributed by atoms with van der Waals surface area (Å²) in [4.78, 5) is 0. The summed E-state index contributed by atoms with van der Waals surface area (Å²) in [6.07, 6.45) is 11.2. The van der Waals surface area contributed by atoms with Crippen LogP contribution >= 0.6 is 0 Å². The van der Waals surface area contributed by atoms with Crippen molar-refractivity contribution in [2.45, 2.75) is 57.8 Å². The van der Waals surface area contributed by atoms with E-state index in [4.69, 9.17) is 10.8 Å². The van der Waals surface area contributed by atoms with Gasteiger partial charge >= 0.3 is 0 Å². The van der Waals surface area contributed by atoms with Crippen molar-refractivity contribution in [2.75, 3.05) is 0 Å². The maximum atomic E-state index is 6.25. The number of hydrogen-bond acceptors (Lipinski definition) is 1. The van der Waals surface area contributed by atoms with Crippen LogP contribution in [-0.2, 0) is 4.43 Å². The lowest BCUT2D eigenvalue weighted by molar-refractivity contribution is 0.105. The highest BCUT2D eigenvalue weighted by Gasteiger charge is 2.32. The molecule has 0 amide bonds. The van der Waals surface area contributed by atoms with E-state index >= 15 is 0 Å². The number of hydrogen-bond donors (Lipinski definition) is 0. The molecule has 0 aromatic carbocycles. The Morgan fingerprint density at radius 3 is 2.44 bits per heavy atom. The first-order valence-electron chi connectivity index (χ1n) is 5.90. The number of terminal acetylenes is 1. The van der Waals surface area contributed by atoms with Crippen molar-refractivity contribution >= 4 is 8.32 Å². The largest absolute Gasteiger partial charge is 0.407 e. The van der Waals surface area contributed by atoms with Crippen LogP contribution in [0.2, 0.25) is 19.6 Å². The molecule has 1 unspecified atom stereocenters. The third kappa shape index (κ3) is 5.98. The molecule has 0 aliphatic heterocycles. The molecule has 0 aromatic heterocycles. The molecule has 0 aromatic rings. The lowest BCUT2D eigenvalue weighted by Gasteiger charge is -2.35. The minimum Gasteiger partial charge on any atom is -0.407 e. The Morgan fingerprint density at radius 2 is 2.06 bits per heavy atom. The highest BCUT2D eigenvalue weighted by atomic mass is 28.4. The summed E-state index contributed by atoms with van der Waals surface area (Å²) in [6.45, 7) is 12.4. The quantitative estimate of drug-likeness (QED) is 0.367. The molecule has 0 saturated carbocycles. The normalized spacial score (nSPS) is 14.7. The fourth-order valence-electron chi connectivity index (χ4n) is 1.77. The van der Waals surface area contributed by atoms with E-state index in [-0.39, 0.29) is 5.60 Å². The number of rotatable bonds is 7. The van der Waals surface area contributed by atoms with Crippen LogP contribution in [0.1, 0.15) is 32.6 Å². The smallest absolute Gasteiger partial charge is 0.185 e. The summed E-state index contributed by atoms with van der Waals surface area (Å²) in [5, 5.41) is 0. The van der Waals surface area contributed by atoms with E-state index in [0.717, 1.165) is 19.3 Å². The van der Waals surface area contributed by atoms with Crippen molar-refractivity contribution in [1.29, 1.82) is 0 Å². The van der Waals surface area contributed by atoms with Gasteiger partial charge in [0.1, 0.15) is 0 Å². The van der Waals surface area contributed by atoms with Crippen LogP contribution in [0.15, 0.2) is 18.4 Å². The Bertz CT molecular complexity index is 289. The van der Waals surface area contributed by atoms with Gasteiger partial charge in [-0.2, -0.15) is 0 Å². The van der Waals surface area contributed by atoms with Crippen LogP contribution in [0.5, 0.6) is 0 Å². The van der Waals surface area contributed by atoms with Gasteiger partial charge < -0.3 is 4.43 Å². The second-order valence-electron chi connectivity index (χ2n) is 5.11. The van der Waals surface area contributed by atoms with E-state index in [9.17, 15) is 0 Å². The van der Waals surface area contributed by atoms with E-state index < -0.39 is 8.32 Å². The average molecular weight is 236 g/mol. The van der Waals surface area contributed by atoms with Crippen LogP contribution < -0.4 is 0 Å². The van der Waals surface area contributed by atoms with Gasteiger partial charge in [-0.3, -0.25) is 0 Å². The van der Waals surface area contributed by atoms with E-state index in [1.807, 2.05) is 6.08 Å². The molecule has 0 bridgehead atoms. The van der Waals surface area contributed by atoms with Crippen molar-refractivity contribution in [2.24, 2.45) is 0 Å². The molecule has 0 aliphatic carbocycles. The monoisotopic (exact) mass is 236 g/mol. The number of unbranched alkanes of at least 4 members (excludes halogenated alkanes) is 1. The zero-order valence-corrected chi connectivity index (χ0v) is 12.1. The molecule has 0 spiro atoms. The highest BCUT2D eigenvalue weighted by molar-refractivity contribution is 6.69. The van der Waals surface area contributed by atoms with E-state index in [0.29, 0.717) is 6.42 Å². The second kappa shape index (κ2) is 6.76. The zero-order valence-electron chi connectivity index (χ0n) is 11.1. The van der Waals surface area contributed by atoms with E-state index in [1.54, 1.807) is 0 Å². The molecule has 0 radical (unpaired) electrons. The van der Waals surface area contributed by atoms with Gasteiger partial charge in [0.25, 0.3) is 0 Å². The van der Waals surface area contributed by atoms with Crippen molar-refractivity contribution in [3.63, 3.8) is 0 Å². The Morgan fingerprint density at radius 1 is 1.44 bits per heavy atom. The fraction of sp³-hybridized carbons (Fsp3) is 0.643. The van der Waals surface area contributed by atoms with Gasteiger partial charge in [0.15, 0.2) is 8.32 Å². The lowest BCUT2D eigenvalue weighted by Crippen LogP contribution is -2.41. The molecule has 1 atom stereocenters. The van der Waals surface area contributed by atoms with E-state index in [1.165, 1.54) is 0 Å². The second-order valence-corrected chi connectivity index (χ2v) is 9.54. The first-order chi connectivity index (χ1) is 7.39. The Balaban J connectivity index is 4.93. The Labute approximate surface area is 102 Å². The highest BCUT2D eigenvalue weighted by Crippen LogP contribution is 2.28. The molecule has 0 fully saturated rings. The molecular weight excluding hydrogens is 212 g/mol. The van der Waals surface area contributed by atoms with Gasteiger partial charge in [-0.05, 0) is 32.1 Å². The fourth-order valence-corrected chi connectivity index (χ4v) is 3.23. The molecule has 2 heteroatoms. The van der Waals surface area contributed by atoms with Crippen LogP contribution in [0, 0.1) is 12.3 Å². The summed E-state index contributed by atoms with van der Waals surface area (Å²) in [5.74, 6) is 2.72. The van der Waals surface area contributed by atoms with Gasteiger partial charge in [0, 0.05) is 6.42 Å². The summed E-state index contributed by atoms with van der Waals surface area (Å²) < 4.78 is 6.25. The van der Waals surface area contributed by atoms with Gasteiger partial charge in [0.05, 0.1) is 5.60 Å². The van der Waals surface area contributed by atoms with Crippen LogP contribution in [0.3, 0.4) is 0 Å². The molecule has 0 rings (SSSR count). The first kappa shape index (κ1) is 15.3. The third-order valence-electron chi connectivity index (χ3n) is 2.23. The molecule has 0 heterocycles. The van der Waals surface area contributed by atoms with Crippen LogP contribution in [0.4, 0.5) is 0 Å². The van der Waals surface area contributed by atoms with Crippen LogP contribution in [-0.4, -0.2) is 13.9 Å². The molecule has 16 heavy (non-hydrogen) atoms. The zero-order chi connectivity index (χ0) is 12.7. The van der Waals surface area contributed by atoms with Gasteiger partial charge in [-0.25, -0.2) is 0 Å². The standard InChI is InChI=1S/C14H24OSi/c1-7-10-13-14(11-8-2,12-9-3)15-16(4,5)6/h2,12H,3,7,10-11,13H2,1,4-6H3. The third-order valence-corrected chi connectivity index (χ3v) is 3.25. The predicted octanol–water partition coefficient (Wildman–Crippen LogP) is 4.13. The van der Waals surface area contributed by atoms with Crippen LogP contribution in [0.25, 0.3) is 0 Å². The first-order valence-corrected chi connectivity index (χ1v) is 9.30. The molecule has 0 saturated heterocycles. The van der Waals surface area contributed by atoms with Crippen molar-refractivity contribution in [3.8, 4) is 12.3 Å². The summed E-state index contributed by atoms with van der Waals surface area (Å²) in [5.41, 5.74) is 2.52. The lowest BCUT2D eigenvalue weighted by atomic mass is 9.93. The summed E-state index contributed by atoms with van der Waals surface area (Å²) in [7, 11) is -1.61. The summed E-state index contributed by atoms with van der Waals surface area (Å²) >= 11 is 0. The van der Waals surface area contributed by atoms with Crippen molar-refractivity contribution in [1.82, 2.24) is 0 Å². The molecular formula is C14H24OSi. The van der Waals surface area contributed by atoms with Crippen molar-refractivity contribution in [3.05, 3.63) is 18.4 Å². The molecule has 1 nitrogen and oxygen atoms in total. The minimum absolute atomic E-state index is 0.336. The summed E-state index contributed by atoms with van der Waals surface area (Å²) in [6, 6.07) is 0. The van der Waals surface area contributed by atoms with E-state index in [2.05, 4.69) is 44.8 Å². The SMILES string of the molecule is C#CCC(C=C=C)(CCCC)O[Si](C)(C)C. The molecule has 0 aliphatic rings. The maximum absolute atomic E-state index is 6.25. The van der Waals surface area contributed by atoms with Crippen molar-refractivity contribution < 1.29 is 4.43 Å². The minimum atomic E-state index is -1.61. The van der Waals surface area contributed by atoms with Gasteiger partial charge in [-0.1, -0.05) is 26.3 Å². The topological polar surface area (TPSA) is 9.23 Å². The van der Waals surface area contributed by atoms with Gasteiger partial charge in [-0.15, -0.1) is 18.1 Å².